The van der Waals surface area contributed by atoms with Gasteiger partial charge < -0.3 is 8.61 Å². The Morgan fingerprint density at radius 3 is 2.00 bits per heavy atom. The first-order valence-corrected chi connectivity index (χ1v) is 12.3. The van der Waals surface area contributed by atoms with Crippen molar-refractivity contribution in [3.05, 3.63) is 60.2 Å². The minimum Gasteiger partial charge on any atom is -0.411 e. The Labute approximate surface area is 139 Å². The van der Waals surface area contributed by atoms with Gasteiger partial charge in [0.25, 0.3) is 0 Å². The van der Waals surface area contributed by atoms with Crippen molar-refractivity contribution < 1.29 is 17.0 Å². The molecule has 0 heterocycles. The van der Waals surface area contributed by atoms with Crippen LogP contribution >= 0.6 is 0 Å². The number of benzene rings is 2. The molecular weight excluding hydrogens is 328 g/mol. The molecule has 124 valence electrons. The molecule has 0 fully saturated rings. The van der Waals surface area contributed by atoms with Gasteiger partial charge in [0.2, 0.25) is 0 Å². The predicted molar refractivity (Wildman–Crippen MR) is 93.5 cm³/mol. The second-order valence-corrected chi connectivity index (χ2v) is 12.3. The second-order valence-electron chi connectivity index (χ2n) is 6.29. The molecule has 0 aliphatic carbocycles. The van der Waals surface area contributed by atoms with Crippen LogP contribution in [0, 0.1) is 0 Å². The van der Waals surface area contributed by atoms with Crippen LogP contribution in [0.4, 0.5) is 0 Å². The highest BCUT2D eigenvalue weighted by Crippen LogP contribution is 2.25. The summed E-state index contributed by atoms with van der Waals surface area (Å²) in [5.41, 5.74) is 0.997. The molecule has 6 heteroatoms. The SMILES string of the molecule is CC(O[Si](C)(C)C)c1ccc(OS(=O)(=O)c2ccccc2)cc1. The molecule has 4 nitrogen and oxygen atoms in total. The second kappa shape index (κ2) is 6.86. The van der Waals surface area contributed by atoms with E-state index in [0.717, 1.165) is 5.56 Å². The molecular formula is C17H22O4SSi. The van der Waals surface area contributed by atoms with Gasteiger partial charge in [-0.05, 0) is 56.4 Å². The first-order valence-electron chi connectivity index (χ1n) is 7.45. The van der Waals surface area contributed by atoms with Crippen molar-refractivity contribution in [2.24, 2.45) is 0 Å². The maximum Gasteiger partial charge on any atom is 0.339 e. The smallest absolute Gasteiger partial charge is 0.339 e. The Balaban J connectivity index is 2.11. The summed E-state index contributed by atoms with van der Waals surface area (Å²) < 4.78 is 35.5. The summed E-state index contributed by atoms with van der Waals surface area (Å²) in [4.78, 5) is 0.138. The van der Waals surface area contributed by atoms with Gasteiger partial charge in [-0.1, -0.05) is 30.3 Å². The zero-order valence-corrected chi connectivity index (χ0v) is 15.6. The minimum absolute atomic E-state index is 0.0264. The van der Waals surface area contributed by atoms with Gasteiger partial charge in [0.05, 0.1) is 6.10 Å². The van der Waals surface area contributed by atoms with Crippen molar-refractivity contribution in [3.63, 3.8) is 0 Å². The molecule has 0 aromatic heterocycles. The molecule has 2 aromatic carbocycles. The highest BCUT2D eigenvalue weighted by Gasteiger charge is 2.20. The van der Waals surface area contributed by atoms with E-state index >= 15 is 0 Å². The topological polar surface area (TPSA) is 52.6 Å². The van der Waals surface area contributed by atoms with Gasteiger partial charge in [0.1, 0.15) is 10.6 Å². The van der Waals surface area contributed by atoms with Crippen molar-refractivity contribution in [2.75, 3.05) is 0 Å². The maximum absolute atomic E-state index is 12.2. The molecule has 2 rings (SSSR count). The van der Waals surface area contributed by atoms with E-state index in [9.17, 15) is 8.42 Å². The zero-order valence-electron chi connectivity index (χ0n) is 13.8. The standard InChI is InChI=1S/C17H22O4SSi/c1-14(21-23(2,3)4)15-10-12-16(13-11-15)20-22(18,19)17-8-6-5-7-9-17/h5-14H,1-4H3. The lowest BCUT2D eigenvalue weighted by Crippen LogP contribution is -2.26. The average molecular weight is 351 g/mol. The van der Waals surface area contributed by atoms with E-state index in [1.54, 1.807) is 30.3 Å². The molecule has 1 atom stereocenters. The van der Waals surface area contributed by atoms with Crippen LogP contribution in [0.15, 0.2) is 59.5 Å². The Kier molecular flexibility index (Phi) is 5.29. The van der Waals surface area contributed by atoms with E-state index in [1.807, 2.05) is 19.1 Å². The fourth-order valence-electron chi connectivity index (χ4n) is 2.15. The van der Waals surface area contributed by atoms with Gasteiger partial charge in [0.15, 0.2) is 8.32 Å². The van der Waals surface area contributed by atoms with Crippen molar-refractivity contribution in [3.8, 4) is 5.75 Å². The molecule has 0 bridgehead atoms. The van der Waals surface area contributed by atoms with E-state index in [2.05, 4.69) is 19.6 Å². The molecule has 0 saturated heterocycles. The van der Waals surface area contributed by atoms with Crippen LogP contribution in [-0.2, 0) is 14.5 Å². The Morgan fingerprint density at radius 1 is 0.913 bits per heavy atom. The van der Waals surface area contributed by atoms with Gasteiger partial charge in [-0.3, -0.25) is 0 Å². The molecule has 0 saturated carbocycles. The molecule has 0 amide bonds. The Bertz CT molecular complexity index is 734. The van der Waals surface area contributed by atoms with Crippen molar-refractivity contribution >= 4 is 18.4 Å². The summed E-state index contributed by atoms with van der Waals surface area (Å²) in [6, 6.07) is 15.1. The van der Waals surface area contributed by atoms with Crippen LogP contribution in [0.3, 0.4) is 0 Å². The Morgan fingerprint density at radius 2 is 1.48 bits per heavy atom. The molecule has 0 spiro atoms. The van der Waals surface area contributed by atoms with Crippen molar-refractivity contribution in [2.45, 2.75) is 37.6 Å². The summed E-state index contributed by atoms with van der Waals surface area (Å²) in [6.45, 7) is 8.39. The monoisotopic (exact) mass is 350 g/mol. The molecule has 0 aliphatic rings. The molecule has 0 radical (unpaired) electrons. The largest absolute Gasteiger partial charge is 0.411 e. The van der Waals surface area contributed by atoms with Gasteiger partial charge in [0, 0.05) is 0 Å². The van der Waals surface area contributed by atoms with E-state index < -0.39 is 18.4 Å². The highest BCUT2D eigenvalue weighted by atomic mass is 32.2. The number of hydrogen-bond acceptors (Lipinski definition) is 4. The quantitative estimate of drug-likeness (QED) is 0.573. The van der Waals surface area contributed by atoms with Gasteiger partial charge >= 0.3 is 10.1 Å². The van der Waals surface area contributed by atoms with Gasteiger partial charge in [-0.25, -0.2) is 0 Å². The van der Waals surface area contributed by atoms with E-state index in [-0.39, 0.29) is 16.7 Å². The fourth-order valence-corrected chi connectivity index (χ4v) is 4.30. The highest BCUT2D eigenvalue weighted by molar-refractivity contribution is 7.87. The van der Waals surface area contributed by atoms with E-state index in [0.29, 0.717) is 0 Å². The van der Waals surface area contributed by atoms with Crippen LogP contribution in [0.1, 0.15) is 18.6 Å². The normalized spacial score (nSPS) is 13.6. The van der Waals surface area contributed by atoms with Crippen LogP contribution in [0.5, 0.6) is 5.75 Å². The van der Waals surface area contributed by atoms with Gasteiger partial charge in [-0.15, -0.1) is 0 Å². The summed E-state index contributed by atoms with van der Waals surface area (Å²) >= 11 is 0. The number of hydrogen-bond donors (Lipinski definition) is 0. The summed E-state index contributed by atoms with van der Waals surface area (Å²) in [5, 5.41) is 0. The van der Waals surface area contributed by atoms with Crippen LogP contribution in [-0.4, -0.2) is 16.7 Å². The molecule has 0 aliphatic heterocycles. The molecule has 2 aromatic rings. The molecule has 1 unspecified atom stereocenters. The third kappa shape index (κ3) is 5.19. The fraction of sp³-hybridized carbons (Fsp3) is 0.294. The van der Waals surface area contributed by atoms with Crippen LogP contribution in [0.25, 0.3) is 0 Å². The van der Waals surface area contributed by atoms with E-state index in [4.69, 9.17) is 8.61 Å². The maximum atomic E-state index is 12.2. The third-order valence-corrected chi connectivity index (χ3v) is 5.44. The average Bonchev–Trinajstić information content (AvgIpc) is 2.47. The predicted octanol–water partition coefficient (Wildman–Crippen LogP) is 4.37. The summed E-state index contributed by atoms with van der Waals surface area (Å²) in [7, 11) is -5.43. The van der Waals surface area contributed by atoms with Crippen molar-refractivity contribution in [1.29, 1.82) is 0 Å². The lowest BCUT2D eigenvalue weighted by Gasteiger charge is -2.23. The minimum atomic E-state index is -3.80. The van der Waals surface area contributed by atoms with Crippen LogP contribution in [0.2, 0.25) is 19.6 Å². The third-order valence-electron chi connectivity index (χ3n) is 3.12. The first kappa shape index (κ1) is 17.7. The molecule has 0 N–H and O–H groups in total. The van der Waals surface area contributed by atoms with Gasteiger partial charge in [-0.2, -0.15) is 8.42 Å². The lowest BCUT2D eigenvalue weighted by atomic mass is 10.1. The lowest BCUT2D eigenvalue weighted by molar-refractivity contribution is 0.219. The van der Waals surface area contributed by atoms with Crippen LogP contribution < -0.4 is 4.18 Å². The zero-order chi connectivity index (χ0) is 17.1. The number of rotatable bonds is 6. The van der Waals surface area contributed by atoms with E-state index in [1.165, 1.54) is 12.1 Å². The first-order chi connectivity index (χ1) is 10.7. The Hall–Kier alpha value is -1.63. The summed E-state index contributed by atoms with van der Waals surface area (Å²) in [6.07, 6.45) is -0.0264. The van der Waals surface area contributed by atoms with Crippen molar-refractivity contribution in [1.82, 2.24) is 0 Å². The molecule has 23 heavy (non-hydrogen) atoms. The summed E-state index contributed by atoms with van der Waals surface area (Å²) in [5.74, 6) is 0.290.